The van der Waals surface area contributed by atoms with Gasteiger partial charge < -0.3 is 10.0 Å². The molecule has 3 heterocycles. The number of hydrogen-bond acceptors (Lipinski definition) is 5. The fourth-order valence-electron chi connectivity index (χ4n) is 4.69. The Bertz CT molecular complexity index is 1320. The molecule has 0 spiro atoms. The van der Waals surface area contributed by atoms with Crippen LogP contribution in [0.3, 0.4) is 0 Å². The fraction of sp³-hybridized carbons (Fsp3) is 0.280. The zero-order valence-corrected chi connectivity index (χ0v) is 20.1. The number of aromatic nitrogens is 1. The molecule has 5 rings (SSSR count). The Morgan fingerprint density at radius 1 is 1.06 bits per heavy atom. The van der Waals surface area contributed by atoms with Crippen LogP contribution in [0, 0.1) is 0 Å². The Kier molecular flexibility index (Phi) is 5.41. The van der Waals surface area contributed by atoms with Crippen LogP contribution in [0.1, 0.15) is 59.2 Å². The van der Waals surface area contributed by atoms with E-state index in [0.717, 1.165) is 21.6 Å². The highest BCUT2D eigenvalue weighted by Gasteiger charge is 2.40. The van der Waals surface area contributed by atoms with Gasteiger partial charge in [-0.05, 0) is 44.0 Å². The quantitative estimate of drug-likeness (QED) is 0.562. The van der Waals surface area contributed by atoms with Gasteiger partial charge in [-0.2, -0.15) is 0 Å². The minimum Gasteiger partial charge on any atom is -0.502 e. The molecule has 3 aromatic rings. The summed E-state index contributed by atoms with van der Waals surface area (Å²) >= 11 is 8.62. The summed E-state index contributed by atoms with van der Waals surface area (Å²) in [4.78, 5) is 28.3. The van der Waals surface area contributed by atoms with Crippen LogP contribution in [0.25, 0.3) is 0 Å². The fourth-order valence-corrected chi connectivity index (χ4v) is 6.16. The summed E-state index contributed by atoms with van der Waals surface area (Å²) in [5, 5.41) is 13.5. The van der Waals surface area contributed by atoms with E-state index in [2.05, 4.69) is 25.1 Å². The normalized spacial score (nSPS) is 19.7. The first-order valence-electron chi connectivity index (χ1n) is 10.9. The molecular formula is C25H24ClN3O3S. The summed E-state index contributed by atoms with van der Waals surface area (Å²) in [5.74, 6) is -0.914. The van der Waals surface area contributed by atoms with Crippen LogP contribution in [0.2, 0.25) is 5.02 Å². The summed E-state index contributed by atoms with van der Waals surface area (Å²) in [5.41, 5.74) is 2.53. The van der Waals surface area contributed by atoms with E-state index in [1.165, 1.54) is 6.07 Å². The van der Waals surface area contributed by atoms with E-state index >= 15 is 0 Å². The van der Waals surface area contributed by atoms with Gasteiger partial charge in [0, 0.05) is 39.0 Å². The summed E-state index contributed by atoms with van der Waals surface area (Å²) in [6, 6.07) is 15.0. The van der Waals surface area contributed by atoms with Crippen molar-refractivity contribution in [3.8, 4) is 5.75 Å². The lowest BCUT2D eigenvalue weighted by Crippen LogP contribution is -2.57. The van der Waals surface area contributed by atoms with Gasteiger partial charge in [0.05, 0.1) is 0 Å². The van der Waals surface area contributed by atoms with Crippen LogP contribution in [0.5, 0.6) is 5.75 Å². The van der Waals surface area contributed by atoms with Crippen molar-refractivity contribution in [1.29, 1.82) is 0 Å². The Labute approximate surface area is 201 Å². The number of aromatic hydroxyl groups is 1. The van der Waals surface area contributed by atoms with E-state index in [1.807, 2.05) is 43.1 Å². The molecule has 0 saturated heterocycles. The van der Waals surface area contributed by atoms with Crippen LogP contribution in [0.4, 0.5) is 0 Å². The average molecular weight is 482 g/mol. The van der Waals surface area contributed by atoms with E-state index in [0.29, 0.717) is 5.02 Å². The number of nitrogens with zero attached hydrogens (tertiary/aromatic N) is 3. The van der Waals surface area contributed by atoms with Crippen LogP contribution < -0.4 is 10.4 Å². The number of rotatable bonds is 2. The predicted molar refractivity (Wildman–Crippen MR) is 131 cm³/mol. The van der Waals surface area contributed by atoms with Gasteiger partial charge in [-0.1, -0.05) is 41.9 Å². The molecule has 0 radical (unpaired) electrons. The van der Waals surface area contributed by atoms with Crippen molar-refractivity contribution in [2.45, 2.75) is 43.0 Å². The molecule has 0 saturated carbocycles. The molecule has 8 heteroatoms. The SMILES string of the molecule is CC1Sc2ccccc2C(N2CN(C(C)C)C(=O)c3c(O)c(=O)ccn32)c2c(Cl)cccc21. The van der Waals surface area contributed by atoms with Crippen LogP contribution >= 0.6 is 23.4 Å². The lowest BCUT2D eigenvalue weighted by atomic mass is 9.92. The first-order valence-corrected chi connectivity index (χ1v) is 12.1. The Morgan fingerprint density at radius 3 is 2.55 bits per heavy atom. The maximum Gasteiger partial charge on any atom is 0.278 e. The second-order valence-corrected chi connectivity index (χ2v) is 10.4. The number of benzene rings is 2. The third-order valence-corrected chi connectivity index (χ3v) is 7.89. The molecule has 2 atom stereocenters. The molecule has 1 N–H and O–H groups in total. The van der Waals surface area contributed by atoms with Crippen molar-refractivity contribution in [3.05, 3.63) is 92.4 Å². The van der Waals surface area contributed by atoms with Crippen molar-refractivity contribution in [2.75, 3.05) is 11.7 Å². The zero-order chi connectivity index (χ0) is 23.4. The third-order valence-electron chi connectivity index (χ3n) is 6.33. The summed E-state index contributed by atoms with van der Waals surface area (Å²) in [6.45, 7) is 6.28. The highest BCUT2D eigenvalue weighted by molar-refractivity contribution is 7.99. The number of hydrogen-bond donors (Lipinski definition) is 1. The monoisotopic (exact) mass is 481 g/mol. The number of thioether (sulfide) groups is 1. The van der Waals surface area contributed by atoms with Crippen molar-refractivity contribution in [3.63, 3.8) is 0 Å². The minimum atomic E-state index is -0.580. The highest BCUT2D eigenvalue weighted by atomic mass is 35.5. The largest absolute Gasteiger partial charge is 0.502 e. The maximum absolute atomic E-state index is 13.3. The Morgan fingerprint density at radius 2 is 1.79 bits per heavy atom. The molecule has 2 unspecified atom stereocenters. The van der Waals surface area contributed by atoms with E-state index in [9.17, 15) is 14.7 Å². The Balaban J connectivity index is 1.83. The first-order chi connectivity index (χ1) is 15.8. The molecule has 2 aliphatic heterocycles. The number of pyridine rings is 1. The number of amides is 1. The van der Waals surface area contributed by atoms with Gasteiger partial charge in [0.1, 0.15) is 12.7 Å². The standard InChI is InChI=1S/C25H24ClN3O3S/c1-14(2)27-13-29(28-12-11-19(30)24(31)23(28)25(27)32)22-17-7-4-5-10-20(17)33-15(3)16-8-6-9-18(26)21(16)22/h4-12,14-15,22,31H,13H2,1-3H3. The Hall–Kier alpha value is -2.90. The molecule has 33 heavy (non-hydrogen) atoms. The first kappa shape index (κ1) is 21.9. The van der Waals surface area contributed by atoms with Crippen LogP contribution in [-0.2, 0) is 0 Å². The molecular weight excluding hydrogens is 458 g/mol. The van der Waals surface area contributed by atoms with Crippen molar-refractivity contribution in [1.82, 2.24) is 9.58 Å². The summed E-state index contributed by atoms with van der Waals surface area (Å²) in [7, 11) is 0. The van der Waals surface area contributed by atoms with Gasteiger partial charge >= 0.3 is 0 Å². The maximum atomic E-state index is 13.3. The molecule has 1 aromatic heterocycles. The average Bonchev–Trinajstić information content (AvgIpc) is 2.91. The topological polar surface area (TPSA) is 65.8 Å². The van der Waals surface area contributed by atoms with Gasteiger partial charge in [-0.15, -0.1) is 11.8 Å². The number of carbonyl (C=O) groups is 1. The summed E-state index contributed by atoms with van der Waals surface area (Å²) < 4.78 is 1.62. The second kappa shape index (κ2) is 8.15. The van der Waals surface area contributed by atoms with Gasteiger partial charge in [0.25, 0.3) is 5.91 Å². The third kappa shape index (κ3) is 3.42. The number of halogens is 1. The molecule has 2 aromatic carbocycles. The lowest BCUT2D eigenvalue weighted by Gasteiger charge is -2.45. The highest BCUT2D eigenvalue weighted by Crippen LogP contribution is 2.50. The van der Waals surface area contributed by atoms with E-state index < -0.39 is 11.2 Å². The van der Waals surface area contributed by atoms with Crippen molar-refractivity contribution < 1.29 is 9.90 Å². The second-order valence-electron chi connectivity index (χ2n) is 8.61. The van der Waals surface area contributed by atoms with Gasteiger partial charge in [0.15, 0.2) is 11.4 Å². The molecule has 0 fully saturated rings. The van der Waals surface area contributed by atoms with E-state index in [-0.39, 0.29) is 35.6 Å². The molecule has 6 nitrogen and oxygen atoms in total. The smallest absolute Gasteiger partial charge is 0.278 e. The summed E-state index contributed by atoms with van der Waals surface area (Å²) in [6.07, 6.45) is 1.56. The molecule has 2 aliphatic rings. The van der Waals surface area contributed by atoms with Gasteiger partial charge in [-0.25, -0.2) is 0 Å². The van der Waals surface area contributed by atoms with E-state index in [4.69, 9.17) is 11.6 Å². The number of fused-ring (bicyclic) bond motifs is 3. The van der Waals surface area contributed by atoms with Crippen LogP contribution in [0.15, 0.2) is 64.4 Å². The lowest BCUT2D eigenvalue weighted by molar-refractivity contribution is 0.0621. The van der Waals surface area contributed by atoms with Gasteiger partial charge in [0.2, 0.25) is 5.43 Å². The minimum absolute atomic E-state index is 0.0292. The molecule has 0 aliphatic carbocycles. The number of carbonyl (C=O) groups excluding carboxylic acids is 1. The van der Waals surface area contributed by atoms with Crippen LogP contribution in [-0.4, -0.2) is 33.3 Å². The molecule has 0 bridgehead atoms. The van der Waals surface area contributed by atoms with Crippen molar-refractivity contribution >= 4 is 29.3 Å². The van der Waals surface area contributed by atoms with E-state index in [1.54, 1.807) is 27.5 Å². The predicted octanol–water partition coefficient (Wildman–Crippen LogP) is 4.92. The van der Waals surface area contributed by atoms with Gasteiger partial charge in [-0.3, -0.25) is 19.3 Å². The molecule has 170 valence electrons. The van der Waals surface area contributed by atoms with Crippen molar-refractivity contribution in [2.24, 2.45) is 0 Å². The molecule has 1 amide bonds. The zero-order valence-electron chi connectivity index (χ0n) is 18.5.